The first kappa shape index (κ1) is 19.4. The molecule has 4 atom stereocenters. The van der Waals surface area contributed by atoms with Gasteiger partial charge in [0.05, 0.1) is 6.04 Å². The summed E-state index contributed by atoms with van der Waals surface area (Å²) in [4.78, 5) is 27.6. The molecule has 0 spiro atoms. The van der Waals surface area contributed by atoms with Gasteiger partial charge in [0.25, 0.3) is 5.91 Å². The smallest absolute Gasteiger partial charge is 0.251 e. The summed E-state index contributed by atoms with van der Waals surface area (Å²) in [5.41, 5.74) is 1.98. The molecule has 0 unspecified atom stereocenters. The largest absolute Gasteiger partial charge is 0.350 e. The van der Waals surface area contributed by atoms with Gasteiger partial charge in [-0.2, -0.15) is 0 Å². The molecule has 0 radical (unpaired) electrons. The highest BCUT2D eigenvalue weighted by Gasteiger charge is 2.47. The predicted molar refractivity (Wildman–Crippen MR) is 110 cm³/mol. The van der Waals surface area contributed by atoms with Crippen LogP contribution < -0.4 is 10.6 Å². The van der Waals surface area contributed by atoms with E-state index in [1.54, 1.807) is 0 Å². The van der Waals surface area contributed by atoms with Crippen LogP contribution in [0.1, 0.15) is 62.4 Å². The molecule has 5 nitrogen and oxygen atoms in total. The third-order valence-electron chi connectivity index (χ3n) is 6.88. The Hall–Kier alpha value is -1.88. The molecule has 2 N–H and O–H groups in total. The van der Waals surface area contributed by atoms with Crippen LogP contribution in [0.15, 0.2) is 24.3 Å². The van der Waals surface area contributed by atoms with Crippen LogP contribution in [0.5, 0.6) is 0 Å². The Labute approximate surface area is 168 Å². The Kier molecular flexibility index (Phi) is 5.21. The van der Waals surface area contributed by atoms with Crippen LogP contribution in [-0.2, 0) is 10.2 Å². The highest BCUT2D eigenvalue weighted by Crippen LogP contribution is 2.39. The number of nitrogens with one attached hydrogen (secondary N) is 2. The maximum atomic E-state index is 12.7. The van der Waals surface area contributed by atoms with Gasteiger partial charge < -0.3 is 15.5 Å². The normalized spacial score (nSPS) is 30.0. The van der Waals surface area contributed by atoms with Crippen LogP contribution in [0, 0.1) is 11.8 Å². The summed E-state index contributed by atoms with van der Waals surface area (Å²) in [7, 11) is 0. The van der Waals surface area contributed by atoms with E-state index in [0.717, 1.165) is 25.9 Å². The van der Waals surface area contributed by atoms with Gasteiger partial charge in [-0.15, -0.1) is 0 Å². The van der Waals surface area contributed by atoms with Crippen LogP contribution in [0.25, 0.3) is 0 Å². The van der Waals surface area contributed by atoms with Gasteiger partial charge in [0, 0.05) is 31.1 Å². The van der Waals surface area contributed by atoms with Crippen LogP contribution in [0.2, 0.25) is 0 Å². The summed E-state index contributed by atoms with van der Waals surface area (Å²) in [5, 5.41) is 6.68. The molecule has 3 fully saturated rings. The topological polar surface area (TPSA) is 61.4 Å². The van der Waals surface area contributed by atoms with E-state index < -0.39 is 0 Å². The molecular weight excluding hydrogens is 350 g/mol. The van der Waals surface area contributed by atoms with Gasteiger partial charge in [0.15, 0.2) is 0 Å². The molecule has 3 aliphatic rings. The molecule has 2 amide bonds. The third kappa shape index (κ3) is 3.69. The molecule has 0 aliphatic carbocycles. The standard InChI is InChI=1S/C23H33N3O2/c1-23(2,3)18-9-7-15(8-10-18)22(28)25-14-20-17-11-16(12-24-13-17)19-5-4-6-21(27)26(19)20/h7-10,16-17,19-20,24H,4-6,11-14H2,1-3H3,(H,25,28)/t16-,17+,19+,20+/m1/s1. The van der Waals surface area contributed by atoms with Gasteiger partial charge in [-0.25, -0.2) is 0 Å². The van der Waals surface area contributed by atoms with E-state index in [9.17, 15) is 9.59 Å². The Morgan fingerprint density at radius 1 is 1.18 bits per heavy atom. The molecule has 1 aromatic carbocycles. The Balaban J connectivity index is 1.45. The Morgan fingerprint density at radius 3 is 2.61 bits per heavy atom. The highest BCUT2D eigenvalue weighted by molar-refractivity contribution is 5.94. The average Bonchev–Trinajstić information content (AvgIpc) is 2.68. The summed E-state index contributed by atoms with van der Waals surface area (Å²) in [5.74, 6) is 1.23. The quantitative estimate of drug-likeness (QED) is 0.844. The zero-order valence-electron chi connectivity index (χ0n) is 17.3. The van der Waals surface area contributed by atoms with Crippen LogP contribution >= 0.6 is 0 Å². The number of carbonyl (C=O) groups excluding carboxylic acids is 2. The van der Waals surface area contributed by atoms with Crippen molar-refractivity contribution in [3.8, 4) is 0 Å². The molecular formula is C23H33N3O2. The number of piperidine rings is 3. The monoisotopic (exact) mass is 383 g/mol. The summed E-state index contributed by atoms with van der Waals surface area (Å²) in [6.07, 6.45) is 3.92. The van der Waals surface area contributed by atoms with Gasteiger partial charge in [-0.3, -0.25) is 9.59 Å². The van der Waals surface area contributed by atoms with Crippen molar-refractivity contribution in [2.45, 2.75) is 64.0 Å². The lowest BCUT2D eigenvalue weighted by Gasteiger charge is -2.54. The summed E-state index contributed by atoms with van der Waals surface area (Å²) in [6, 6.07) is 8.34. The van der Waals surface area contributed by atoms with Gasteiger partial charge in [-0.1, -0.05) is 32.9 Å². The molecule has 0 aromatic heterocycles. The van der Waals surface area contributed by atoms with Crippen LogP contribution in [-0.4, -0.2) is 48.4 Å². The lowest BCUT2D eigenvalue weighted by molar-refractivity contribution is -0.148. The van der Waals surface area contributed by atoms with E-state index in [0.29, 0.717) is 36.4 Å². The number of nitrogens with zero attached hydrogens (tertiary/aromatic N) is 1. The summed E-state index contributed by atoms with van der Waals surface area (Å²) >= 11 is 0. The minimum Gasteiger partial charge on any atom is -0.350 e. The molecule has 3 aliphatic heterocycles. The Bertz CT molecular complexity index is 737. The van der Waals surface area contributed by atoms with E-state index in [1.807, 2.05) is 24.3 Å². The van der Waals surface area contributed by atoms with Gasteiger partial charge in [0.1, 0.15) is 0 Å². The van der Waals surface area contributed by atoms with E-state index >= 15 is 0 Å². The van der Waals surface area contributed by atoms with Crippen molar-refractivity contribution in [3.63, 3.8) is 0 Å². The van der Waals surface area contributed by atoms with Crippen molar-refractivity contribution < 1.29 is 9.59 Å². The van der Waals surface area contributed by atoms with Crippen LogP contribution in [0.3, 0.4) is 0 Å². The molecule has 5 heteroatoms. The second-order valence-electron chi connectivity index (χ2n) is 9.78. The minimum absolute atomic E-state index is 0.0487. The van der Waals surface area contributed by atoms with Crippen molar-refractivity contribution in [2.75, 3.05) is 19.6 Å². The maximum absolute atomic E-state index is 12.7. The van der Waals surface area contributed by atoms with Crippen molar-refractivity contribution in [1.29, 1.82) is 0 Å². The number of rotatable bonds is 3. The van der Waals surface area contributed by atoms with E-state index in [-0.39, 0.29) is 23.3 Å². The molecule has 2 bridgehead atoms. The summed E-state index contributed by atoms with van der Waals surface area (Å²) < 4.78 is 0. The fourth-order valence-corrected chi connectivity index (χ4v) is 5.32. The number of hydrogen-bond acceptors (Lipinski definition) is 3. The number of hydrogen-bond donors (Lipinski definition) is 2. The second-order valence-corrected chi connectivity index (χ2v) is 9.78. The van der Waals surface area contributed by atoms with E-state index in [1.165, 1.54) is 12.0 Å². The fraction of sp³-hybridized carbons (Fsp3) is 0.652. The number of carbonyl (C=O) groups is 2. The molecule has 3 heterocycles. The predicted octanol–water partition coefficient (Wildman–Crippen LogP) is 2.70. The molecule has 0 saturated carbocycles. The first-order chi connectivity index (χ1) is 13.3. The first-order valence-corrected chi connectivity index (χ1v) is 10.7. The van der Waals surface area contributed by atoms with Crippen molar-refractivity contribution >= 4 is 11.8 Å². The maximum Gasteiger partial charge on any atom is 0.251 e. The Morgan fingerprint density at radius 2 is 1.89 bits per heavy atom. The van der Waals surface area contributed by atoms with E-state index in [2.05, 4.69) is 36.3 Å². The van der Waals surface area contributed by atoms with Crippen molar-refractivity contribution in [3.05, 3.63) is 35.4 Å². The molecule has 1 aromatic rings. The second kappa shape index (κ2) is 7.51. The highest BCUT2D eigenvalue weighted by atomic mass is 16.2. The molecule has 28 heavy (non-hydrogen) atoms. The van der Waals surface area contributed by atoms with Gasteiger partial charge in [-0.05, 0) is 60.8 Å². The lowest BCUT2D eigenvalue weighted by Crippen LogP contribution is -2.66. The average molecular weight is 384 g/mol. The zero-order chi connectivity index (χ0) is 19.9. The van der Waals surface area contributed by atoms with Crippen molar-refractivity contribution in [2.24, 2.45) is 11.8 Å². The fourth-order valence-electron chi connectivity index (χ4n) is 5.32. The molecule has 4 rings (SSSR count). The first-order valence-electron chi connectivity index (χ1n) is 10.7. The summed E-state index contributed by atoms with van der Waals surface area (Å²) in [6.45, 7) is 9.01. The zero-order valence-corrected chi connectivity index (χ0v) is 17.3. The van der Waals surface area contributed by atoms with Gasteiger partial charge >= 0.3 is 0 Å². The van der Waals surface area contributed by atoms with Crippen molar-refractivity contribution in [1.82, 2.24) is 15.5 Å². The third-order valence-corrected chi connectivity index (χ3v) is 6.88. The molecule has 152 valence electrons. The lowest BCUT2D eigenvalue weighted by atomic mass is 9.72. The van der Waals surface area contributed by atoms with Crippen LogP contribution in [0.4, 0.5) is 0 Å². The number of benzene rings is 1. The minimum atomic E-state index is -0.0487. The number of fused-ring (bicyclic) bond motifs is 4. The van der Waals surface area contributed by atoms with E-state index in [4.69, 9.17) is 0 Å². The van der Waals surface area contributed by atoms with Gasteiger partial charge in [0.2, 0.25) is 5.91 Å². The SMILES string of the molecule is CC(C)(C)c1ccc(C(=O)NC[C@H]2[C@@H]3CNC[C@@H](C3)[C@@H]3CCCC(=O)N32)cc1. The number of amides is 2. The molecule has 3 saturated heterocycles.